The van der Waals surface area contributed by atoms with Gasteiger partial charge in [0.15, 0.2) is 11.6 Å². The standard InChI is InChI=1S/C10H13N3OS/c1-4-7-8(14-13-10(7)11)9-5(2)12-6(3)15-9/h4H2,1-3H3,(H2,11,13). The highest BCUT2D eigenvalue weighted by Crippen LogP contribution is 2.34. The SMILES string of the molecule is CCc1c(N)noc1-c1sc(C)nc1C. The number of hydrogen-bond acceptors (Lipinski definition) is 5. The molecule has 5 heteroatoms. The molecule has 2 N–H and O–H groups in total. The highest BCUT2D eigenvalue weighted by molar-refractivity contribution is 7.15. The Labute approximate surface area is 92.1 Å². The number of aryl methyl sites for hydroxylation is 2. The van der Waals surface area contributed by atoms with Crippen LogP contribution in [0, 0.1) is 13.8 Å². The Morgan fingerprint density at radius 3 is 2.67 bits per heavy atom. The van der Waals surface area contributed by atoms with Gasteiger partial charge in [-0.25, -0.2) is 4.98 Å². The van der Waals surface area contributed by atoms with E-state index in [2.05, 4.69) is 10.1 Å². The van der Waals surface area contributed by atoms with Gasteiger partial charge in [-0.1, -0.05) is 12.1 Å². The summed E-state index contributed by atoms with van der Waals surface area (Å²) in [5, 5.41) is 4.82. The molecule has 0 saturated carbocycles. The normalized spacial score (nSPS) is 10.9. The summed E-state index contributed by atoms with van der Waals surface area (Å²) in [7, 11) is 0. The smallest absolute Gasteiger partial charge is 0.184 e. The molecule has 2 aromatic heterocycles. The van der Waals surface area contributed by atoms with Gasteiger partial charge >= 0.3 is 0 Å². The van der Waals surface area contributed by atoms with Crippen molar-refractivity contribution < 1.29 is 4.52 Å². The first kappa shape index (κ1) is 10.2. The molecule has 0 radical (unpaired) electrons. The van der Waals surface area contributed by atoms with Crippen LogP contribution in [0.25, 0.3) is 10.6 Å². The molecule has 0 fully saturated rings. The van der Waals surface area contributed by atoms with E-state index in [0.29, 0.717) is 5.82 Å². The molecule has 0 aliphatic heterocycles. The number of nitrogen functional groups attached to an aromatic ring is 1. The maximum Gasteiger partial charge on any atom is 0.184 e. The van der Waals surface area contributed by atoms with Gasteiger partial charge in [0.25, 0.3) is 0 Å². The maximum atomic E-state index is 5.73. The zero-order valence-corrected chi connectivity index (χ0v) is 9.81. The molecule has 0 amide bonds. The maximum absolute atomic E-state index is 5.73. The average molecular weight is 223 g/mol. The molecule has 2 heterocycles. The zero-order valence-electron chi connectivity index (χ0n) is 9.00. The Morgan fingerprint density at radius 2 is 2.13 bits per heavy atom. The van der Waals surface area contributed by atoms with Gasteiger partial charge in [-0.15, -0.1) is 11.3 Å². The molecule has 2 aromatic rings. The Morgan fingerprint density at radius 1 is 1.40 bits per heavy atom. The minimum atomic E-state index is 0.484. The molecule has 80 valence electrons. The highest BCUT2D eigenvalue weighted by atomic mass is 32.1. The van der Waals surface area contributed by atoms with Crippen molar-refractivity contribution >= 4 is 17.2 Å². The van der Waals surface area contributed by atoms with Crippen molar-refractivity contribution in [2.45, 2.75) is 27.2 Å². The summed E-state index contributed by atoms with van der Waals surface area (Å²) in [6.07, 6.45) is 0.820. The Balaban J connectivity index is 2.58. The summed E-state index contributed by atoms with van der Waals surface area (Å²) in [4.78, 5) is 5.40. The summed E-state index contributed by atoms with van der Waals surface area (Å²) >= 11 is 1.61. The van der Waals surface area contributed by atoms with Gasteiger partial charge < -0.3 is 10.3 Å². The van der Waals surface area contributed by atoms with Crippen molar-refractivity contribution in [2.75, 3.05) is 5.73 Å². The van der Waals surface area contributed by atoms with Crippen molar-refractivity contribution in [1.29, 1.82) is 0 Å². The molecule has 4 nitrogen and oxygen atoms in total. The predicted molar refractivity (Wildman–Crippen MR) is 60.9 cm³/mol. The minimum Gasteiger partial charge on any atom is -0.381 e. The van der Waals surface area contributed by atoms with Crippen molar-refractivity contribution in [3.05, 3.63) is 16.3 Å². The fourth-order valence-electron chi connectivity index (χ4n) is 1.58. The summed E-state index contributed by atoms with van der Waals surface area (Å²) in [5.41, 5.74) is 7.67. The molecule has 0 aromatic carbocycles. The van der Waals surface area contributed by atoms with E-state index in [1.165, 1.54) is 0 Å². The quantitative estimate of drug-likeness (QED) is 0.849. The molecule has 0 bridgehead atoms. The molecule has 0 spiro atoms. The largest absolute Gasteiger partial charge is 0.381 e. The van der Waals surface area contributed by atoms with Gasteiger partial charge in [0, 0.05) is 5.56 Å². The van der Waals surface area contributed by atoms with Crippen molar-refractivity contribution in [1.82, 2.24) is 10.1 Å². The number of hydrogen-bond donors (Lipinski definition) is 1. The number of aromatic nitrogens is 2. The van der Waals surface area contributed by atoms with Crippen LogP contribution in [0.5, 0.6) is 0 Å². The minimum absolute atomic E-state index is 0.484. The van der Waals surface area contributed by atoms with E-state index in [1.54, 1.807) is 11.3 Å². The van der Waals surface area contributed by atoms with Crippen LogP contribution >= 0.6 is 11.3 Å². The summed E-state index contributed by atoms with van der Waals surface area (Å²) in [6, 6.07) is 0. The third-order valence-electron chi connectivity index (χ3n) is 2.28. The van der Waals surface area contributed by atoms with Crippen LogP contribution in [0.15, 0.2) is 4.52 Å². The van der Waals surface area contributed by atoms with Crippen LogP contribution in [-0.4, -0.2) is 10.1 Å². The van der Waals surface area contributed by atoms with E-state index in [0.717, 1.165) is 33.3 Å². The van der Waals surface area contributed by atoms with E-state index >= 15 is 0 Å². The molecule has 15 heavy (non-hydrogen) atoms. The lowest BCUT2D eigenvalue weighted by Gasteiger charge is -1.95. The molecular weight excluding hydrogens is 210 g/mol. The third kappa shape index (κ3) is 1.63. The highest BCUT2D eigenvalue weighted by Gasteiger charge is 2.18. The van der Waals surface area contributed by atoms with Crippen LogP contribution in [0.3, 0.4) is 0 Å². The first-order chi connectivity index (χ1) is 7.13. The fraction of sp³-hybridized carbons (Fsp3) is 0.400. The van der Waals surface area contributed by atoms with Gasteiger partial charge in [-0.3, -0.25) is 0 Å². The predicted octanol–water partition coefficient (Wildman–Crippen LogP) is 2.56. The topological polar surface area (TPSA) is 64.9 Å². The fourth-order valence-corrected chi connectivity index (χ4v) is 2.51. The molecule has 0 atom stereocenters. The number of nitrogens with two attached hydrogens (primary N) is 1. The van der Waals surface area contributed by atoms with Crippen molar-refractivity contribution in [3.8, 4) is 10.6 Å². The monoisotopic (exact) mass is 223 g/mol. The van der Waals surface area contributed by atoms with E-state index in [4.69, 9.17) is 10.3 Å². The first-order valence-electron chi connectivity index (χ1n) is 4.82. The lowest BCUT2D eigenvalue weighted by atomic mass is 10.1. The van der Waals surface area contributed by atoms with Crippen LogP contribution in [-0.2, 0) is 6.42 Å². The van der Waals surface area contributed by atoms with Crippen LogP contribution < -0.4 is 5.73 Å². The third-order valence-corrected chi connectivity index (χ3v) is 3.35. The average Bonchev–Trinajstić information content (AvgIpc) is 2.69. The van der Waals surface area contributed by atoms with Gasteiger partial charge in [0.2, 0.25) is 0 Å². The van der Waals surface area contributed by atoms with Crippen LogP contribution in [0.1, 0.15) is 23.2 Å². The summed E-state index contributed by atoms with van der Waals surface area (Å²) < 4.78 is 5.26. The van der Waals surface area contributed by atoms with E-state index in [9.17, 15) is 0 Å². The zero-order chi connectivity index (χ0) is 11.0. The lowest BCUT2D eigenvalue weighted by molar-refractivity contribution is 0.435. The van der Waals surface area contributed by atoms with E-state index in [1.807, 2.05) is 20.8 Å². The Bertz CT molecular complexity index is 487. The number of rotatable bonds is 2. The summed E-state index contributed by atoms with van der Waals surface area (Å²) in [5.74, 6) is 1.26. The Hall–Kier alpha value is -1.36. The first-order valence-corrected chi connectivity index (χ1v) is 5.63. The van der Waals surface area contributed by atoms with Gasteiger partial charge in [0.05, 0.1) is 15.6 Å². The van der Waals surface area contributed by atoms with Crippen LogP contribution in [0.2, 0.25) is 0 Å². The number of anilines is 1. The van der Waals surface area contributed by atoms with Gasteiger partial charge in [-0.2, -0.15) is 0 Å². The molecular formula is C10H13N3OS. The Kier molecular flexibility index (Phi) is 2.48. The summed E-state index contributed by atoms with van der Waals surface area (Å²) in [6.45, 7) is 5.99. The second-order valence-corrected chi connectivity index (χ2v) is 4.58. The van der Waals surface area contributed by atoms with Crippen molar-refractivity contribution in [2.24, 2.45) is 0 Å². The molecule has 0 unspecified atom stereocenters. The molecule has 0 aliphatic rings. The van der Waals surface area contributed by atoms with Gasteiger partial charge in [-0.05, 0) is 20.3 Å². The number of nitrogens with zero attached hydrogens (tertiary/aromatic N) is 2. The van der Waals surface area contributed by atoms with E-state index < -0.39 is 0 Å². The molecule has 2 rings (SSSR count). The second kappa shape index (κ2) is 3.66. The van der Waals surface area contributed by atoms with Crippen LogP contribution in [0.4, 0.5) is 5.82 Å². The number of thiazole rings is 1. The molecule has 0 aliphatic carbocycles. The van der Waals surface area contributed by atoms with E-state index in [-0.39, 0.29) is 0 Å². The van der Waals surface area contributed by atoms with Gasteiger partial charge in [0.1, 0.15) is 0 Å². The molecule has 0 saturated heterocycles. The van der Waals surface area contributed by atoms with Crippen molar-refractivity contribution in [3.63, 3.8) is 0 Å². The lowest BCUT2D eigenvalue weighted by Crippen LogP contribution is -1.90. The second-order valence-electron chi connectivity index (χ2n) is 3.38.